The Balaban J connectivity index is 1.63. The van der Waals surface area contributed by atoms with Crippen molar-refractivity contribution in [1.29, 1.82) is 0 Å². The molecule has 0 unspecified atom stereocenters. The minimum absolute atomic E-state index is 0.0597. The van der Waals surface area contributed by atoms with Gasteiger partial charge in [0.2, 0.25) is 10.0 Å². The van der Waals surface area contributed by atoms with Crippen molar-refractivity contribution < 1.29 is 8.42 Å². The van der Waals surface area contributed by atoms with Crippen LogP contribution < -0.4 is 10.0 Å². The standard InChI is InChI=1S/C16H16Cl2N6O2S/c1-11-22-15(10-16(23-11)24-8-2-5-20-24)19-6-7-21-27(25,26)14-9-12(17)3-4-13(14)18/h2-5,8-10,21H,6-7H2,1H3,(H,19,22,23). The van der Waals surface area contributed by atoms with E-state index in [0.717, 1.165) is 0 Å². The Kier molecular flexibility index (Phi) is 5.95. The molecule has 142 valence electrons. The predicted octanol–water partition coefficient (Wildman–Crippen LogP) is 2.67. The molecule has 0 saturated carbocycles. The van der Waals surface area contributed by atoms with Gasteiger partial charge in [0.05, 0.1) is 5.02 Å². The first-order chi connectivity index (χ1) is 12.8. The van der Waals surface area contributed by atoms with Crippen LogP contribution in [0.15, 0.2) is 47.6 Å². The number of halogens is 2. The van der Waals surface area contributed by atoms with Gasteiger partial charge in [-0.05, 0) is 31.2 Å². The predicted molar refractivity (Wildman–Crippen MR) is 104 cm³/mol. The van der Waals surface area contributed by atoms with Crippen molar-refractivity contribution in [1.82, 2.24) is 24.5 Å². The summed E-state index contributed by atoms with van der Waals surface area (Å²) in [7, 11) is -3.77. The van der Waals surface area contributed by atoms with Crippen LogP contribution in [0.2, 0.25) is 10.0 Å². The van der Waals surface area contributed by atoms with E-state index >= 15 is 0 Å². The van der Waals surface area contributed by atoms with Gasteiger partial charge in [0, 0.05) is 36.6 Å². The maximum atomic E-state index is 12.4. The summed E-state index contributed by atoms with van der Waals surface area (Å²) in [6, 6.07) is 7.79. The molecular formula is C16H16Cl2N6O2S. The molecule has 2 N–H and O–H groups in total. The highest BCUT2D eigenvalue weighted by Gasteiger charge is 2.17. The van der Waals surface area contributed by atoms with E-state index in [4.69, 9.17) is 23.2 Å². The number of hydrogen-bond donors (Lipinski definition) is 2. The minimum atomic E-state index is -3.77. The number of hydrogen-bond acceptors (Lipinski definition) is 6. The molecule has 0 spiro atoms. The van der Waals surface area contributed by atoms with Crippen molar-refractivity contribution >= 4 is 39.0 Å². The highest BCUT2D eigenvalue weighted by molar-refractivity contribution is 7.89. The summed E-state index contributed by atoms with van der Waals surface area (Å²) in [6.45, 7) is 2.21. The number of sulfonamides is 1. The van der Waals surface area contributed by atoms with Gasteiger partial charge >= 0.3 is 0 Å². The van der Waals surface area contributed by atoms with E-state index in [2.05, 4.69) is 25.1 Å². The zero-order chi connectivity index (χ0) is 19.4. The molecular weight excluding hydrogens is 411 g/mol. The molecule has 0 fully saturated rings. The normalized spacial score (nSPS) is 11.5. The maximum absolute atomic E-state index is 12.4. The first-order valence-corrected chi connectivity index (χ1v) is 10.1. The van der Waals surface area contributed by atoms with E-state index in [1.807, 2.05) is 0 Å². The number of aromatic nitrogens is 4. The molecule has 0 radical (unpaired) electrons. The molecule has 11 heteroatoms. The Morgan fingerprint density at radius 2 is 1.96 bits per heavy atom. The molecule has 3 aromatic rings. The second-order valence-corrected chi connectivity index (χ2v) is 8.09. The molecule has 0 amide bonds. The average Bonchev–Trinajstić information content (AvgIpc) is 3.15. The summed E-state index contributed by atoms with van der Waals surface area (Å²) in [5, 5.41) is 7.59. The third-order valence-corrected chi connectivity index (χ3v) is 5.65. The third-order valence-electron chi connectivity index (χ3n) is 3.47. The number of nitrogens with zero attached hydrogens (tertiary/aromatic N) is 4. The first-order valence-electron chi connectivity index (χ1n) is 7.89. The average molecular weight is 427 g/mol. The zero-order valence-corrected chi connectivity index (χ0v) is 16.6. The molecule has 0 aliphatic heterocycles. The summed E-state index contributed by atoms with van der Waals surface area (Å²) in [6.07, 6.45) is 3.43. The molecule has 2 heterocycles. The SMILES string of the molecule is Cc1nc(NCCNS(=O)(=O)c2cc(Cl)ccc2Cl)cc(-n2cccn2)n1. The third kappa shape index (κ3) is 4.95. The number of nitrogens with one attached hydrogen (secondary N) is 2. The van der Waals surface area contributed by atoms with Crippen LogP contribution in [0, 0.1) is 6.92 Å². The summed E-state index contributed by atoms with van der Waals surface area (Å²) in [4.78, 5) is 8.53. The van der Waals surface area contributed by atoms with Gasteiger partial charge in [-0.1, -0.05) is 23.2 Å². The fourth-order valence-corrected chi connectivity index (χ4v) is 4.09. The molecule has 2 aromatic heterocycles. The lowest BCUT2D eigenvalue weighted by Gasteiger charge is -2.11. The van der Waals surface area contributed by atoms with Crippen LogP contribution >= 0.6 is 23.2 Å². The maximum Gasteiger partial charge on any atom is 0.242 e. The van der Waals surface area contributed by atoms with E-state index in [0.29, 0.717) is 29.0 Å². The number of aryl methyl sites for hydroxylation is 1. The van der Waals surface area contributed by atoms with Gasteiger partial charge < -0.3 is 5.32 Å². The second-order valence-electron chi connectivity index (χ2n) is 5.51. The Morgan fingerprint density at radius 1 is 1.15 bits per heavy atom. The molecule has 0 aliphatic carbocycles. The van der Waals surface area contributed by atoms with Crippen LogP contribution in [0.1, 0.15) is 5.82 Å². The number of benzene rings is 1. The van der Waals surface area contributed by atoms with Gasteiger partial charge in [0.25, 0.3) is 0 Å². The van der Waals surface area contributed by atoms with Crippen molar-refractivity contribution in [2.75, 3.05) is 18.4 Å². The molecule has 1 aromatic carbocycles. The van der Waals surface area contributed by atoms with Gasteiger partial charge in [0.15, 0.2) is 5.82 Å². The molecule has 8 nitrogen and oxygen atoms in total. The largest absolute Gasteiger partial charge is 0.369 e. The summed E-state index contributed by atoms with van der Waals surface area (Å²) in [5.41, 5.74) is 0. The van der Waals surface area contributed by atoms with Crippen molar-refractivity contribution in [2.45, 2.75) is 11.8 Å². The number of anilines is 1. The lowest BCUT2D eigenvalue weighted by atomic mass is 10.4. The molecule has 3 rings (SSSR count). The van der Waals surface area contributed by atoms with Crippen molar-refractivity contribution in [3.8, 4) is 5.82 Å². The van der Waals surface area contributed by atoms with Crippen LogP contribution in [-0.4, -0.2) is 41.3 Å². The summed E-state index contributed by atoms with van der Waals surface area (Å²) >= 11 is 11.8. The molecule has 0 bridgehead atoms. The Morgan fingerprint density at radius 3 is 2.70 bits per heavy atom. The van der Waals surface area contributed by atoms with Crippen LogP contribution in [0.5, 0.6) is 0 Å². The van der Waals surface area contributed by atoms with E-state index in [-0.39, 0.29) is 16.5 Å². The van der Waals surface area contributed by atoms with E-state index in [9.17, 15) is 8.42 Å². The summed E-state index contributed by atoms with van der Waals surface area (Å²) < 4.78 is 28.8. The minimum Gasteiger partial charge on any atom is -0.369 e. The van der Waals surface area contributed by atoms with Crippen molar-refractivity contribution in [2.24, 2.45) is 0 Å². The Hall–Kier alpha value is -2.20. The second kappa shape index (κ2) is 8.22. The van der Waals surface area contributed by atoms with Gasteiger partial charge in [-0.2, -0.15) is 5.10 Å². The van der Waals surface area contributed by atoms with Crippen molar-refractivity contribution in [3.05, 3.63) is 58.6 Å². The monoisotopic (exact) mass is 426 g/mol. The van der Waals surface area contributed by atoms with Crippen LogP contribution in [0.4, 0.5) is 5.82 Å². The van der Waals surface area contributed by atoms with Gasteiger partial charge in [-0.15, -0.1) is 0 Å². The summed E-state index contributed by atoms with van der Waals surface area (Å²) in [5.74, 6) is 1.74. The molecule has 0 saturated heterocycles. The van der Waals surface area contributed by atoms with E-state index in [1.165, 1.54) is 18.2 Å². The molecule has 0 atom stereocenters. The Bertz CT molecular complexity index is 1040. The molecule has 27 heavy (non-hydrogen) atoms. The Labute approximate surface area is 166 Å². The highest BCUT2D eigenvalue weighted by atomic mass is 35.5. The smallest absolute Gasteiger partial charge is 0.242 e. The lowest BCUT2D eigenvalue weighted by molar-refractivity contribution is 0.583. The van der Waals surface area contributed by atoms with Crippen molar-refractivity contribution in [3.63, 3.8) is 0 Å². The van der Waals surface area contributed by atoms with Gasteiger partial charge in [-0.3, -0.25) is 0 Å². The quantitative estimate of drug-likeness (QED) is 0.563. The zero-order valence-electron chi connectivity index (χ0n) is 14.2. The van der Waals surface area contributed by atoms with Gasteiger partial charge in [-0.25, -0.2) is 27.8 Å². The fraction of sp³-hybridized carbons (Fsp3) is 0.188. The molecule has 0 aliphatic rings. The number of rotatable bonds is 7. The van der Waals surface area contributed by atoms with Crippen LogP contribution in [-0.2, 0) is 10.0 Å². The van der Waals surface area contributed by atoms with E-state index in [1.54, 1.807) is 36.1 Å². The van der Waals surface area contributed by atoms with E-state index < -0.39 is 10.0 Å². The topological polar surface area (TPSA) is 102 Å². The first kappa shape index (κ1) is 19.6. The highest BCUT2D eigenvalue weighted by Crippen LogP contribution is 2.24. The lowest BCUT2D eigenvalue weighted by Crippen LogP contribution is -2.29. The fourth-order valence-electron chi connectivity index (χ4n) is 2.30. The van der Waals surface area contributed by atoms with Gasteiger partial charge in [0.1, 0.15) is 16.5 Å². The van der Waals surface area contributed by atoms with Crippen LogP contribution in [0.3, 0.4) is 0 Å². The van der Waals surface area contributed by atoms with Crippen LogP contribution in [0.25, 0.3) is 5.82 Å².